The van der Waals surface area contributed by atoms with Crippen molar-refractivity contribution in [3.63, 3.8) is 0 Å². The van der Waals surface area contributed by atoms with E-state index in [9.17, 15) is 9.59 Å². The average Bonchev–Trinajstić information content (AvgIpc) is 3.06. The number of likely N-dealkylation sites (tertiary alicyclic amines) is 1. The lowest BCUT2D eigenvalue weighted by molar-refractivity contribution is -0.141. The van der Waals surface area contributed by atoms with E-state index in [0.717, 1.165) is 5.76 Å². The molecule has 0 aromatic carbocycles. The Balaban J connectivity index is 1.95. The molecule has 0 aliphatic carbocycles. The van der Waals surface area contributed by atoms with Crippen LogP contribution in [0.2, 0.25) is 0 Å². The van der Waals surface area contributed by atoms with Crippen LogP contribution in [0.15, 0.2) is 22.8 Å². The molecule has 0 saturated carbocycles. The van der Waals surface area contributed by atoms with Crippen molar-refractivity contribution in [1.82, 2.24) is 9.80 Å². The van der Waals surface area contributed by atoms with Crippen LogP contribution in [0.25, 0.3) is 0 Å². The highest BCUT2D eigenvalue weighted by molar-refractivity contribution is 5.77. The van der Waals surface area contributed by atoms with Gasteiger partial charge in [-0.25, -0.2) is 4.79 Å². The van der Waals surface area contributed by atoms with Crippen LogP contribution in [0.3, 0.4) is 0 Å². The van der Waals surface area contributed by atoms with Gasteiger partial charge in [0, 0.05) is 19.6 Å². The normalized spacial score (nSPS) is 18.6. The van der Waals surface area contributed by atoms with Crippen molar-refractivity contribution >= 4 is 12.0 Å². The molecule has 1 aromatic heterocycles. The van der Waals surface area contributed by atoms with Crippen molar-refractivity contribution < 1.29 is 19.1 Å². The molecule has 1 aromatic rings. The predicted molar refractivity (Wildman–Crippen MR) is 67.5 cm³/mol. The van der Waals surface area contributed by atoms with Crippen LogP contribution in [0.5, 0.6) is 0 Å². The number of hydrogen-bond acceptors (Lipinski definition) is 3. The van der Waals surface area contributed by atoms with Crippen LogP contribution in [0.1, 0.15) is 19.1 Å². The van der Waals surface area contributed by atoms with Crippen molar-refractivity contribution in [3.8, 4) is 0 Å². The number of carboxylic acid groups (broad SMARTS) is 1. The zero-order valence-electron chi connectivity index (χ0n) is 10.9. The highest BCUT2D eigenvalue weighted by Gasteiger charge is 2.32. The Labute approximate surface area is 111 Å². The van der Waals surface area contributed by atoms with Gasteiger partial charge in [-0.3, -0.25) is 4.79 Å². The Hall–Kier alpha value is -1.98. The van der Waals surface area contributed by atoms with Gasteiger partial charge in [0.2, 0.25) is 0 Å². The second kappa shape index (κ2) is 5.77. The smallest absolute Gasteiger partial charge is 0.320 e. The summed E-state index contributed by atoms with van der Waals surface area (Å²) in [6.07, 6.45) is 2.10. The lowest BCUT2D eigenvalue weighted by Gasteiger charge is -2.26. The van der Waals surface area contributed by atoms with Crippen molar-refractivity contribution in [1.29, 1.82) is 0 Å². The lowest BCUT2D eigenvalue weighted by atomic mass is 10.1. The summed E-state index contributed by atoms with van der Waals surface area (Å²) in [5, 5.41) is 8.95. The Morgan fingerprint density at radius 2 is 2.37 bits per heavy atom. The van der Waals surface area contributed by atoms with Gasteiger partial charge in [0.15, 0.2) is 0 Å². The minimum Gasteiger partial charge on any atom is -0.481 e. The zero-order chi connectivity index (χ0) is 13.8. The first-order valence-corrected chi connectivity index (χ1v) is 6.40. The second-order valence-corrected chi connectivity index (χ2v) is 4.65. The first-order valence-electron chi connectivity index (χ1n) is 6.40. The number of carboxylic acids is 1. The molecule has 0 bridgehead atoms. The highest BCUT2D eigenvalue weighted by Crippen LogP contribution is 2.18. The van der Waals surface area contributed by atoms with E-state index >= 15 is 0 Å². The van der Waals surface area contributed by atoms with Crippen LogP contribution in [-0.4, -0.2) is 46.5 Å². The molecule has 1 N–H and O–H groups in total. The van der Waals surface area contributed by atoms with Gasteiger partial charge in [0.25, 0.3) is 0 Å². The van der Waals surface area contributed by atoms with Crippen molar-refractivity contribution in [3.05, 3.63) is 24.2 Å². The highest BCUT2D eigenvalue weighted by atomic mass is 16.4. The van der Waals surface area contributed by atoms with Crippen LogP contribution in [-0.2, 0) is 11.3 Å². The molecule has 0 radical (unpaired) electrons. The Kier molecular flexibility index (Phi) is 4.09. The molecule has 1 aliphatic heterocycles. The summed E-state index contributed by atoms with van der Waals surface area (Å²) in [4.78, 5) is 26.4. The van der Waals surface area contributed by atoms with Gasteiger partial charge in [-0.05, 0) is 25.5 Å². The number of carbonyl (C=O) groups excluding carboxylic acids is 1. The minimum absolute atomic E-state index is 0.123. The molecular formula is C13H18N2O4. The first-order chi connectivity index (χ1) is 9.11. The first kappa shape index (κ1) is 13.5. The van der Waals surface area contributed by atoms with E-state index in [1.54, 1.807) is 22.1 Å². The van der Waals surface area contributed by atoms with Crippen molar-refractivity contribution in [2.24, 2.45) is 5.92 Å². The lowest BCUT2D eigenvalue weighted by Crippen LogP contribution is -2.41. The Bertz CT molecular complexity index is 444. The number of amides is 2. The molecule has 2 heterocycles. The molecule has 1 fully saturated rings. The summed E-state index contributed by atoms with van der Waals surface area (Å²) in [5.41, 5.74) is 0. The number of furan rings is 1. The SMILES string of the molecule is CCN(Cc1ccco1)C(=O)N1CCC(C(=O)O)C1. The summed E-state index contributed by atoms with van der Waals surface area (Å²) in [6, 6.07) is 3.48. The maximum atomic E-state index is 12.3. The van der Waals surface area contributed by atoms with Crippen LogP contribution >= 0.6 is 0 Å². The summed E-state index contributed by atoms with van der Waals surface area (Å²) in [6.45, 7) is 3.67. The molecule has 1 unspecified atom stereocenters. The predicted octanol–water partition coefficient (Wildman–Crippen LogP) is 1.63. The third-order valence-electron chi connectivity index (χ3n) is 3.39. The van der Waals surface area contributed by atoms with Crippen LogP contribution in [0, 0.1) is 5.92 Å². The van der Waals surface area contributed by atoms with E-state index in [1.807, 2.05) is 13.0 Å². The van der Waals surface area contributed by atoms with Crippen molar-refractivity contribution in [2.75, 3.05) is 19.6 Å². The summed E-state index contributed by atoms with van der Waals surface area (Å²) < 4.78 is 5.23. The van der Waals surface area contributed by atoms with Gasteiger partial charge in [-0.1, -0.05) is 0 Å². The molecule has 2 rings (SSSR count). The number of carbonyl (C=O) groups is 2. The van der Waals surface area contributed by atoms with Crippen molar-refractivity contribution in [2.45, 2.75) is 19.9 Å². The minimum atomic E-state index is -0.829. The summed E-state index contributed by atoms with van der Waals surface area (Å²) >= 11 is 0. The van der Waals surface area contributed by atoms with Gasteiger partial charge in [-0.15, -0.1) is 0 Å². The van der Waals surface area contributed by atoms with Gasteiger partial charge >= 0.3 is 12.0 Å². The summed E-state index contributed by atoms with van der Waals surface area (Å²) in [5.74, 6) is -0.542. The molecule has 1 atom stereocenters. The topological polar surface area (TPSA) is 74.0 Å². The third kappa shape index (κ3) is 3.07. The largest absolute Gasteiger partial charge is 0.481 e. The molecular weight excluding hydrogens is 248 g/mol. The standard InChI is InChI=1S/C13H18N2O4/c1-2-14(9-11-4-3-7-19-11)13(18)15-6-5-10(8-15)12(16)17/h3-4,7,10H,2,5-6,8-9H2,1H3,(H,16,17). The molecule has 0 spiro atoms. The Morgan fingerprint density at radius 1 is 1.58 bits per heavy atom. The van der Waals surface area contributed by atoms with E-state index in [0.29, 0.717) is 32.6 Å². The quantitative estimate of drug-likeness (QED) is 0.898. The van der Waals surface area contributed by atoms with E-state index in [4.69, 9.17) is 9.52 Å². The summed E-state index contributed by atoms with van der Waals surface area (Å²) in [7, 11) is 0. The number of aliphatic carboxylic acids is 1. The molecule has 2 amide bonds. The van der Waals surface area contributed by atoms with Gasteiger partial charge < -0.3 is 19.3 Å². The molecule has 6 heteroatoms. The molecule has 6 nitrogen and oxygen atoms in total. The van der Waals surface area contributed by atoms with E-state index in [-0.39, 0.29) is 6.03 Å². The monoisotopic (exact) mass is 266 g/mol. The number of nitrogens with zero attached hydrogens (tertiary/aromatic N) is 2. The van der Waals surface area contributed by atoms with Crippen LogP contribution < -0.4 is 0 Å². The maximum Gasteiger partial charge on any atom is 0.320 e. The van der Waals surface area contributed by atoms with E-state index in [1.165, 1.54) is 0 Å². The molecule has 19 heavy (non-hydrogen) atoms. The molecule has 104 valence electrons. The van der Waals surface area contributed by atoms with Gasteiger partial charge in [0.05, 0.1) is 18.7 Å². The maximum absolute atomic E-state index is 12.3. The van der Waals surface area contributed by atoms with E-state index < -0.39 is 11.9 Å². The number of rotatable bonds is 4. The Morgan fingerprint density at radius 3 is 2.89 bits per heavy atom. The molecule has 1 aliphatic rings. The van der Waals surface area contributed by atoms with Gasteiger partial charge in [-0.2, -0.15) is 0 Å². The average molecular weight is 266 g/mol. The molecule has 1 saturated heterocycles. The van der Waals surface area contributed by atoms with Gasteiger partial charge in [0.1, 0.15) is 5.76 Å². The number of hydrogen-bond donors (Lipinski definition) is 1. The fraction of sp³-hybridized carbons (Fsp3) is 0.538. The van der Waals surface area contributed by atoms with E-state index in [2.05, 4.69) is 0 Å². The zero-order valence-corrected chi connectivity index (χ0v) is 10.9. The fourth-order valence-electron chi connectivity index (χ4n) is 2.24. The van der Waals surface area contributed by atoms with Crippen LogP contribution in [0.4, 0.5) is 4.79 Å². The number of urea groups is 1. The second-order valence-electron chi connectivity index (χ2n) is 4.65. The fourth-order valence-corrected chi connectivity index (χ4v) is 2.24. The third-order valence-corrected chi connectivity index (χ3v) is 3.39.